The van der Waals surface area contributed by atoms with E-state index in [2.05, 4.69) is 20.9 Å². The number of hydrogen-bond acceptors (Lipinski definition) is 6. The monoisotopic (exact) mass is 658 g/mol. The molecule has 0 spiro atoms. The second kappa shape index (κ2) is 17.6. The van der Waals surface area contributed by atoms with E-state index in [1.165, 1.54) is 7.11 Å². The van der Waals surface area contributed by atoms with Crippen LogP contribution in [0.15, 0.2) is 72.8 Å². The van der Waals surface area contributed by atoms with E-state index in [-0.39, 0.29) is 37.4 Å². The molecule has 4 N–H and O–H groups in total. The van der Waals surface area contributed by atoms with Gasteiger partial charge in [-0.25, -0.2) is 9.59 Å². The number of carbonyl (C=O) groups excluding carboxylic acids is 3. The molecule has 0 aromatic heterocycles. The third kappa shape index (κ3) is 10.6. The summed E-state index contributed by atoms with van der Waals surface area (Å²) in [5.74, 6) is -0.653. The molecule has 3 aromatic carbocycles. The number of ether oxygens (including phenoxy) is 1. The minimum absolute atomic E-state index is 0.0819. The number of anilines is 3. The second-order valence-corrected chi connectivity index (χ2v) is 12.0. The Labute approximate surface area is 282 Å². The minimum atomic E-state index is -0.942. The molecule has 5 amide bonds. The number of hydrogen-bond donors (Lipinski definition) is 4. The van der Waals surface area contributed by atoms with Gasteiger partial charge in [-0.05, 0) is 67.6 Å². The maximum atomic E-state index is 13.4. The average molecular weight is 659 g/mol. The second-order valence-electron chi connectivity index (χ2n) is 12.0. The zero-order valence-electron chi connectivity index (χ0n) is 27.9. The number of rotatable bonds is 14. The SMILES string of the molecule is COc1cc(CC(=O)NC2CCN(C(=O)N(CCCN(C)c3ccccc3)CCC(=O)O)CC2)ccc1NC(=O)Nc1ccccc1C. The quantitative estimate of drug-likeness (QED) is 0.187. The van der Waals surface area contributed by atoms with Gasteiger partial charge in [-0.2, -0.15) is 0 Å². The Morgan fingerprint density at radius 1 is 0.896 bits per heavy atom. The number of para-hydroxylation sites is 2. The summed E-state index contributed by atoms with van der Waals surface area (Å²) in [4.78, 5) is 55.7. The molecule has 0 saturated carbocycles. The number of benzene rings is 3. The van der Waals surface area contributed by atoms with Crippen molar-refractivity contribution in [2.45, 2.75) is 45.1 Å². The zero-order chi connectivity index (χ0) is 34.5. The first-order chi connectivity index (χ1) is 23.1. The number of likely N-dealkylation sites (tertiary alicyclic amines) is 1. The zero-order valence-corrected chi connectivity index (χ0v) is 27.9. The van der Waals surface area contributed by atoms with Crippen LogP contribution >= 0.6 is 0 Å². The van der Waals surface area contributed by atoms with Gasteiger partial charge in [0.2, 0.25) is 5.91 Å². The molecule has 0 bridgehead atoms. The lowest BCUT2D eigenvalue weighted by atomic mass is 10.0. The minimum Gasteiger partial charge on any atom is -0.495 e. The van der Waals surface area contributed by atoms with Gasteiger partial charge in [0, 0.05) is 57.2 Å². The number of aliphatic carboxylic acids is 1. The van der Waals surface area contributed by atoms with Crippen molar-refractivity contribution in [2.24, 2.45) is 0 Å². The van der Waals surface area contributed by atoms with E-state index in [1.54, 1.807) is 28.0 Å². The number of amides is 5. The molecular weight excluding hydrogens is 612 g/mol. The fourth-order valence-corrected chi connectivity index (χ4v) is 5.66. The van der Waals surface area contributed by atoms with Crippen LogP contribution in [-0.2, 0) is 16.0 Å². The van der Waals surface area contributed by atoms with Gasteiger partial charge in [-0.15, -0.1) is 0 Å². The van der Waals surface area contributed by atoms with Crippen molar-refractivity contribution < 1.29 is 29.0 Å². The van der Waals surface area contributed by atoms with E-state index >= 15 is 0 Å². The number of carbonyl (C=O) groups is 4. The highest BCUT2D eigenvalue weighted by atomic mass is 16.5. The van der Waals surface area contributed by atoms with Crippen molar-refractivity contribution in [3.05, 3.63) is 83.9 Å². The molecule has 1 fully saturated rings. The first-order valence-corrected chi connectivity index (χ1v) is 16.2. The number of carboxylic acids is 1. The standard InChI is InChI=1S/C36H46N6O6/c1-26-10-7-8-13-30(26)38-35(46)39-31-15-14-27(24-32(31)48-3)25-33(43)37-28-16-21-42(22-17-28)36(47)41(23-18-34(44)45)20-9-19-40(2)29-11-5-4-6-12-29/h4-8,10-15,24,28H,9,16-23,25H2,1-3H3,(H,37,43)(H,44,45)(H2,38,39,46). The van der Waals surface area contributed by atoms with Crippen LogP contribution < -0.4 is 25.6 Å². The summed E-state index contributed by atoms with van der Waals surface area (Å²) in [6.45, 7) is 4.17. The third-order valence-electron chi connectivity index (χ3n) is 8.39. The Balaban J connectivity index is 1.24. The predicted molar refractivity (Wildman–Crippen MR) is 187 cm³/mol. The highest BCUT2D eigenvalue weighted by Crippen LogP contribution is 2.26. The molecule has 12 heteroatoms. The van der Waals surface area contributed by atoms with E-state index in [1.807, 2.05) is 68.6 Å². The summed E-state index contributed by atoms with van der Waals surface area (Å²) < 4.78 is 5.48. The number of piperidine rings is 1. The van der Waals surface area contributed by atoms with E-state index in [4.69, 9.17) is 4.74 Å². The maximum Gasteiger partial charge on any atom is 0.323 e. The predicted octanol–water partition coefficient (Wildman–Crippen LogP) is 5.19. The lowest BCUT2D eigenvalue weighted by Crippen LogP contribution is -2.51. The van der Waals surface area contributed by atoms with Crippen LogP contribution in [0.3, 0.4) is 0 Å². The van der Waals surface area contributed by atoms with Gasteiger partial charge in [0.25, 0.3) is 0 Å². The van der Waals surface area contributed by atoms with Crippen LogP contribution in [0.1, 0.15) is 36.8 Å². The molecule has 1 aliphatic heterocycles. The number of nitrogens with zero attached hydrogens (tertiary/aromatic N) is 3. The Morgan fingerprint density at radius 3 is 2.27 bits per heavy atom. The van der Waals surface area contributed by atoms with Crippen molar-refractivity contribution >= 4 is 41.0 Å². The normalized spacial score (nSPS) is 12.9. The summed E-state index contributed by atoms with van der Waals surface area (Å²) in [5.41, 5.74) is 3.93. The van der Waals surface area contributed by atoms with Crippen LogP contribution in [0.25, 0.3) is 0 Å². The fourth-order valence-electron chi connectivity index (χ4n) is 5.66. The van der Waals surface area contributed by atoms with Crippen molar-refractivity contribution in [3.8, 4) is 5.75 Å². The van der Waals surface area contributed by atoms with Crippen molar-refractivity contribution in [2.75, 3.05) is 62.4 Å². The van der Waals surface area contributed by atoms with Gasteiger partial charge in [0.15, 0.2) is 0 Å². The van der Waals surface area contributed by atoms with Gasteiger partial charge >= 0.3 is 18.0 Å². The van der Waals surface area contributed by atoms with Crippen LogP contribution in [0, 0.1) is 6.92 Å². The van der Waals surface area contributed by atoms with Crippen molar-refractivity contribution in [1.82, 2.24) is 15.1 Å². The maximum absolute atomic E-state index is 13.4. The molecule has 1 aliphatic rings. The third-order valence-corrected chi connectivity index (χ3v) is 8.39. The van der Waals surface area contributed by atoms with Crippen LogP contribution in [0.2, 0.25) is 0 Å². The molecule has 4 rings (SSSR count). The molecule has 256 valence electrons. The fraction of sp³-hybridized carbons (Fsp3) is 0.389. The van der Waals surface area contributed by atoms with Gasteiger partial charge in [0.05, 0.1) is 25.6 Å². The highest BCUT2D eigenvalue weighted by Gasteiger charge is 2.27. The molecule has 1 heterocycles. The van der Waals surface area contributed by atoms with Crippen molar-refractivity contribution in [3.63, 3.8) is 0 Å². The lowest BCUT2D eigenvalue weighted by Gasteiger charge is -2.36. The summed E-state index contributed by atoms with van der Waals surface area (Å²) in [5, 5.41) is 18.0. The number of methoxy groups -OCH3 is 1. The highest BCUT2D eigenvalue weighted by molar-refractivity contribution is 6.01. The molecule has 0 atom stereocenters. The summed E-state index contributed by atoms with van der Waals surface area (Å²) in [7, 11) is 3.50. The molecule has 48 heavy (non-hydrogen) atoms. The van der Waals surface area contributed by atoms with Crippen LogP contribution in [0.5, 0.6) is 5.75 Å². The van der Waals surface area contributed by atoms with Gasteiger partial charge in [-0.1, -0.05) is 42.5 Å². The number of nitrogens with one attached hydrogen (secondary N) is 3. The number of urea groups is 2. The summed E-state index contributed by atoms with van der Waals surface area (Å²) in [6.07, 6.45) is 1.92. The Morgan fingerprint density at radius 2 is 1.58 bits per heavy atom. The number of carboxylic acid groups (broad SMARTS) is 1. The van der Waals surface area contributed by atoms with E-state index in [9.17, 15) is 24.3 Å². The average Bonchev–Trinajstić information content (AvgIpc) is 3.08. The van der Waals surface area contributed by atoms with Crippen LogP contribution in [-0.4, -0.2) is 91.8 Å². The van der Waals surface area contributed by atoms with Crippen LogP contribution in [0.4, 0.5) is 26.7 Å². The molecule has 0 radical (unpaired) electrons. The molecule has 0 aliphatic carbocycles. The molecule has 12 nitrogen and oxygen atoms in total. The van der Waals surface area contributed by atoms with Crippen molar-refractivity contribution in [1.29, 1.82) is 0 Å². The molecular formula is C36H46N6O6. The molecule has 1 saturated heterocycles. The topological polar surface area (TPSA) is 144 Å². The Kier molecular flexibility index (Phi) is 13.1. The lowest BCUT2D eigenvalue weighted by molar-refractivity contribution is -0.137. The Hall–Kier alpha value is -5.26. The summed E-state index contributed by atoms with van der Waals surface area (Å²) in [6, 6.07) is 22.0. The molecule has 3 aromatic rings. The largest absolute Gasteiger partial charge is 0.495 e. The van der Waals surface area contributed by atoms with E-state index in [0.29, 0.717) is 56.0 Å². The smallest absolute Gasteiger partial charge is 0.323 e. The van der Waals surface area contributed by atoms with Gasteiger partial charge < -0.3 is 40.5 Å². The first-order valence-electron chi connectivity index (χ1n) is 16.2. The van der Waals surface area contributed by atoms with Gasteiger partial charge in [-0.3, -0.25) is 9.59 Å². The van der Waals surface area contributed by atoms with Gasteiger partial charge in [0.1, 0.15) is 5.75 Å². The molecule has 0 unspecified atom stereocenters. The Bertz CT molecular complexity index is 1540. The summed E-state index contributed by atoms with van der Waals surface area (Å²) >= 11 is 0. The van der Waals surface area contributed by atoms with E-state index < -0.39 is 12.0 Å². The number of aryl methyl sites for hydroxylation is 1. The first kappa shape index (κ1) is 35.6. The van der Waals surface area contributed by atoms with E-state index in [0.717, 1.165) is 23.4 Å².